The summed E-state index contributed by atoms with van der Waals surface area (Å²) in [7, 11) is 0. The molecule has 5 rings (SSSR count). The molecule has 9 heteroatoms. The van der Waals surface area contributed by atoms with Gasteiger partial charge in [0, 0.05) is 18.0 Å². The third-order valence-corrected chi connectivity index (χ3v) is 5.54. The Morgan fingerprint density at radius 3 is 2.28 bits per heavy atom. The Labute approximate surface area is 171 Å². The molecule has 1 saturated carbocycles. The van der Waals surface area contributed by atoms with Gasteiger partial charge in [-0.3, -0.25) is 0 Å². The Morgan fingerprint density at radius 1 is 0.897 bits per heavy atom. The average molecular weight is 406 g/mol. The van der Waals surface area contributed by atoms with Crippen molar-refractivity contribution < 1.29 is 4.52 Å². The van der Waals surface area contributed by atoms with Crippen LogP contribution in [0, 0.1) is 0 Å². The lowest BCUT2D eigenvalue weighted by atomic mass is 9.64. The Morgan fingerprint density at radius 2 is 1.66 bits per heavy atom. The van der Waals surface area contributed by atoms with Crippen LogP contribution in [0.4, 0.5) is 5.95 Å². The summed E-state index contributed by atoms with van der Waals surface area (Å²) in [4.78, 5) is 20.9. The van der Waals surface area contributed by atoms with E-state index in [1.807, 2.05) is 0 Å². The van der Waals surface area contributed by atoms with Gasteiger partial charge in [0.05, 0.1) is 17.8 Å². The minimum atomic E-state index is -0.252. The average Bonchev–Trinajstić information content (AvgIpc) is 3.19. The Balaban J connectivity index is 1.46. The van der Waals surface area contributed by atoms with E-state index in [0.717, 1.165) is 36.0 Å². The van der Waals surface area contributed by atoms with Crippen LogP contribution in [0.15, 0.2) is 53.6 Å². The van der Waals surface area contributed by atoms with Gasteiger partial charge >= 0.3 is 0 Å². The zero-order valence-electron chi connectivity index (χ0n) is 15.3. The van der Waals surface area contributed by atoms with Gasteiger partial charge in [0.25, 0.3) is 5.89 Å². The monoisotopic (exact) mass is 405 g/mol. The first-order valence-corrected chi connectivity index (χ1v) is 9.52. The second-order valence-electron chi connectivity index (χ2n) is 6.99. The number of rotatable bonds is 4. The molecule has 0 aliphatic heterocycles. The van der Waals surface area contributed by atoms with E-state index in [2.05, 4.69) is 54.3 Å². The van der Waals surface area contributed by atoms with Crippen LogP contribution >= 0.6 is 11.6 Å². The second kappa shape index (κ2) is 6.89. The first-order chi connectivity index (χ1) is 14.1. The van der Waals surface area contributed by atoms with Crippen LogP contribution in [0.2, 0.25) is 5.15 Å². The highest BCUT2D eigenvalue weighted by atomic mass is 35.5. The maximum absolute atomic E-state index is 5.80. The van der Waals surface area contributed by atoms with Crippen LogP contribution in [-0.4, -0.2) is 30.1 Å². The molecule has 3 aromatic heterocycles. The maximum Gasteiger partial charge on any atom is 0.278 e. The number of nitrogens with two attached hydrogens (primary N) is 1. The molecular weight excluding hydrogens is 390 g/mol. The van der Waals surface area contributed by atoms with Crippen LogP contribution < -0.4 is 5.73 Å². The topological polar surface area (TPSA) is 116 Å². The highest BCUT2D eigenvalue weighted by molar-refractivity contribution is 6.29. The van der Waals surface area contributed by atoms with Crippen molar-refractivity contribution in [1.82, 2.24) is 30.1 Å². The van der Waals surface area contributed by atoms with Crippen LogP contribution in [0.25, 0.3) is 22.7 Å². The molecule has 4 aromatic rings. The smallest absolute Gasteiger partial charge is 0.278 e. The fraction of sp³-hybridized carbons (Fsp3) is 0.200. The van der Waals surface area contributed by atoms with E-state index in [-0.39, 0.29) is 11.4 Å². The van der Waals surface area contributed by atoms with Crippen molar-refractivity contribution in [1.29, 1.82) is 0 Å². The summed E-state index contributed by atoms with van der Waals surface area (Å²) in [5, 5.41) is 4.57. The molecule has 29 heavy (non-hydrogen) atoms. The van der Waals surface area contributed by atoms with Gasteiger partial charge in [-0.1, -0.05) is 47.4 Å². The molecular formula is C20H16ClN7O. The number of benzene rings is 1. The minimum Gasteiger partial charge on any atom is -0.368 e. The van der Waals surface area contributed by atoms with Crippen LogP contribution in [0.1, 0.15) is 30.7 Å². The zero-order valence-corrected chi connectivity index (χ0v) is 16.0. The lowest BCUT2D eigenvalue weighted by Gasteiger charge is -2.39. The fourth-order valence-electron chi connectivity index (χ4n) is 3.59. The van der Waals surface area contributed by atoms with Crippen molar-refractivity contribution in [3.8, 4) is 22.7 Å². The predicted molar refractivity (Wildman–Crippen MR) is 107 cm³/mol. The fourth-order valence-corrected chi connectivity index (χ4v) is 3.68. The molecule has 1 aliphatic carbocycles. The van der Waals surface area contributed by atoms with Crippen molar-refractivity contribution in [2.45, 2.75) is 24.7 Å². The standard InChI is InChI=1S/C20H16ClN7O/c21-16-11-23-15(10-24-16)17-27-18(28-29-17)20(6-1-7-20)14-4-2-12(3-5-14)13-8-25-19(22)26-9-13/h2-5,8-11H,1,6-7H2,(H2,22,25,26). The Bertz CT molecular complexity index is 1140. The first-order valence-electron chi connectivity index (χ1n) is 9.15. The zero-order chi connectivity index (χ0) is 19.8. The van der Waals surface area contributed by atoms with Crippen molar-refractivity contribution >= 4 is 17.5 Å². The number of nitrogens with zero attached hydrogens (tertiary/aromatic N) is 6. The Hall–Kier alpha value is -3.39. The summed E-state index contributed by atoms with van der Waals surface area (Å²) >= 11 is 5.80. The molecule has 1 aliphatic rings. The molecule has 0 atom stereocenters. The van der Waals surface area contributed by atoms with E-state index in [4.69, 9.17) is 21.9 Å². The van der Waals surface area contributed by atoms with Gasteiger partial charge < -0.3 is 10.3 Å². The largest absolute Gasteiger partial charge is 0.368 e. The number of hydrogen-bond acceptors (Lipinski definition) is 8. The van der Waals surface area contributed by atoms with Crippen molar-refractivity contribution in [3.63, 3.8) is 0 Å². The van der Waals surface area contributed by atoms with Crippen LogP contribution in [-0.2, 0) is 5.41 Å². The van der Waals surface area contributed by atoms with Crippen molar-refractivity contribution in [2.24, 2.45) is 0 Å². The normalized spacial score (nSPS) is 15.1. The van der Waals surface area contributed by atoms with Gasteiger partial charge in [-0.15, -0.1) is 0 Å². The molecule has 2 N–H and O–H groups in total. The van der Waals surface area contributed by atoms with Gasteiger partial charge in [-0.05, 0) is 24.0 Å². The summed E-state index contributed by atoms with van der Waals surface area (Å²) in [6.07, 6.45) is 9.45. The van der Waals surface area contributed by atoms with E-state index >= 15 is 0 Å². The number of nitrogen functional groups attached to an aromatic ring is 1. The van der Waals surface area contributed by atoms with E-state index in [9.17, 15) is 0 Å². The molecule has 0 bridgehead atoms. The van der Waals surface area contributed by atoms with Gasteiger partial charge in [0.1, 0.15) is 10.8 Å². The first kappa shape index (κ1) is 17.7. The number of halogens is 1. The molecule has 0 unspecified atom stereocenters. The number of anilines is 1. The molecule has 144 valence electrons. The summed E-state index contributed by atoms with van der Waals surface area (Å²) in [6, 6.07) is 8.30. The maximum atomic E-state index is 5.80. The summed E-state index contributed by atoms with van der Waals surface area (Å²) in [5.74, 6) is 1.27. The molecule has 1 fully saturated rings. The van der Waals surface area contributed by atoms with E-state index < -0.39 is 0 Å². The lowest BCUT2D eigenvalue weighted by molar-refractivity contribution is 0.273. The van der Waals surface area contributed by atoms with Gasteiger partial charge in [-0.2, -0.15) is 4.98 Å². The third-order valence-electron chi connectivity index (χ3n) is 5.34. The quantitative estimate of drug-likeness (QED) is 0.546. The molecule has 0 spiro atoms. The van der Waals surface area contributed by atoms with Crippen LogP contribution in [0.3, 0.4) is 0 Å². The van der Waals surface area contributed by atoms with Crippen molar-refractivity contribution in [2.75, 3.05) is 5.73 Å². The van der Waals surface area contributed by atoms with E-state index in [1.165, 1.54) is 12.4 Å². The number of hydrogen-bond donors (Lipinski definition) is 1. The summed E-state index contributed by atoms with van der Waals surface area (Å²) in [5.41, 5.74) is 8.90. The van der Waals surface area contributed by atoms with Crippen molar-refractivity contribution in [3.05, 3.63) is 65.6 Å². The minimum absolute atomic E-state index is 0.252. The van der Waals surface area contributed by atoms with Gasteiger partial charge in [0.2, 0.25) is 5.95 Å². The highest BCUT2D eigenvalue weighted by Crippen LogP contribution is 2.48. The highest BCUT2D eigenvalue weighted by Gasteiger charge is 2.44. The lowest BCUT2D eigenvalue weighted by Crippen LogP contribution is -2.36. The molecule has 0 saturated heterocycles. The second-order valence-corrected chi connectivity index (χ2v) is 7.38. The van der Waals surface area contributed by atoms with E-state index in [0.29, 0.717) is 22.6 Å². The number of aromatic nitrogens is 6. The van der Waals surface area contributed by atoms with E-state index in [1.54, 1.807) is 12.4 Å². The van der Waals surface area contributed by atoms with Gasteiger partial charge in [0.15, 0.2) is 5.82 Å². The molecule has 1 aromatic carbocycles. The molecule has 0 amide bonds. The SMILES string of the molecule is Nc1ncc(-c2ccc(C3(c4noc(-c5cnc(Cl)cn5)n4)CCC3)cc2)cn1. The molecule has 3 heterocycles. The predicted octanol–water partition coefficient (Wildman–Crippen LogP) is 3.69. The Kier molecular flexibility index (Phi) is 4.21. The molecule has 0 radical (unpaired) electrons. The van der Waals surface area contributed by atoms with Crippen LogP contribution in [0.5, 0.6) is 0 Å². The summed E-state index contributed by atoms with van der Waals surface area (Å²) in [6.45, 7) is 0. The molecule has 8 nitrogen and oxygen atoms in total. The third kappa shape index (κ3) is 3.11. The van der Waals surface area contributed by atoms with Gasteiger partial charge in [-0.25, -0.2) is 19.9 Å². The summed E-state index contributed by atoms with van der Waals surface area (Å²) < 4.78 is 5.46.